The molecule has 0 saturated heterocycles. The quantitative estimate of drug-likeness (QED) is 0.597. The van der Waals surface area contributed by atoms with Gasteiger partial charge in [0, 0.05) is 11.1 Å². The highest BCUT2D eigenvalue weighted by atomic mass is 16.4. The molecule has 0 spiro atoms. The van der Waals surface area contributed by atoms with Crippen LogP contribution in [0.5, 0.6) is 0 Å². The van der Waals surface area contributed by atoms with Gasteiger partial charge in [0.25, 0.3) is 5.91 Å². The van der Waals surface area contributed by atoms with E-state index in [1.54, 1.807) is 48.5 Å². The molecule has 0 radical (unpaired) electrons. The predicted octanol–water partition coefficient (Wildman–Crippen LogP) is 1.54. The molecule has 136 valence electrons. The highest BCUT2D eigenvalue weighted by Crippen LogP contribution is 2.19. The van der Waals surface area contributed by atoms with Crippen molar-refractivity contribution in [3.63, 3.8) is 0 Å². The average Bonchev–Trinajstić information content (AvgIpc) is 2.97. The summed E-state index contributed by atoms with van der Waals surface area (Å²) in [6.07, 6.45) is 1.54. The first-order chi connectivity index (χ1) is 13.0. The Hall–Kier alpha value is -3.58. The number of carboxylic acids is 1. The Morgan fingerprint density at radius 2 is 1.67 bits per heavy atom. The molecule has 1 heterocycles. The van der Waals surface area contributed by atoms with Crippen LogP contribution in [0.2, 0.25) is 0 Å². The summed E-state index contributed by atoms with van der Waals surface area (Å²) in [5.41, 5.74) is 7.44. The third-order valence-corrected chi connectivity index (χ3v) is 4.01. The second kappa shape index (κ2) is 7.76. The smallest absolute Gasteiger partial charge is 0.323 e. The Morgan fingerprint density at radius 3 is 2.26 bits per heavy atom. The fourth-order valence-electron chi connectivity index (χ4n) is 2.70. The van der Waals surface area contributed by atoms with Gasteiger partial charge in [-0.2, -0.15) is 0 Å². The number of aliphatic carboxylic acids is 1. The molecule has 0 saturated carbocycles. The number of aliphatic imine (C=N–C) groups is 1. The van der Waals surface area contributed by atoms with Gasteiger partial charge in [-0.1, -0.05) is 54.6 Å². The van der Waals surface area contributed by atoms with Crippen LogP contribution in [0.1, 0.15) is 21.5 Å². The van der Waals surface area contributed by atoms with E-state index in [9.17, 15) is 14.4 Å². The number of nitrogens with two attached hydrogens (primary N) is 1. The lowest BCUT2D eigenvalue weighted by atomic mass is 10.0. The number of carboxylic acid groups (broad SMARTS) is 1. The zero-order valence-corrected chi connectivity index (χ0v) is 14.3. The van der Waals surface area contributed by atoms with E-state index in [0.717, 1.165) is 4.90 Å². The largest absolute Gasteiger partial charge is 0.480 e. The van der Waals surface area contributed by atoms with E-state index in [0.29, 0.717) is 16.7 Å². The monoisotopic (exact) mass is 363 g/mol. The van der Waals surface area contributed by atoms with E-state index in [4.69, 9.17) is 10.8 Å². The van der Waals surface area contributed by atoms with E-state index >= 15 is 0 Å². The summed E-state index contributed by atoms with van der Waals surface area (Å²) >= 11 is 0. The molecule has 3 N–H and O–H groups in total. The van der Waals surface area contributed by atoms with Crippen LogP contribution in [0.25, 0.3) is 6.08 Å². The molecule has 1 aliphatic rings. The van der Waals surface area contributed by atoms with Crippen molar-refractivity contribution in [3.8, 4) is 0 Å². The fourth-order valence-corrected chi connectivity index (χ4v) is 2.70. The predicted molar refractivity (Wildman–Crippen MR) is 100 cm³/mol. The molecule has 0 bridgehead atoms. The number of carbonyl (C=O) groups is 3. The summed E-state index contributed by atoms with van der Waals surface area (Å²) < 4.78 is 0. The number of nitrogens with zero attached hydrogens (tertiary/aromatic N) is 2. The highest BCUT2D eigenvalue weighted by molar-refractivity contribution is 6.16. The zero-order valence-electron chi connectivity index (χ0n) is 14.3. The molecule has 0 atom stereocenters. The van der Waals surface area contributed by atoms with Crippen LogP contribution in [0.4, 0.5) is 0 Å². The standard InChI is InChI=1S/C20H17N3O4/c21-11-17-22-16(20(27)23(17)12-18(24)25)10-13-6-8-15(9-7-13)19(26)14-4-2-1-3-5-14/h1-10H,11-12,21H2,(H,24,25)/b16-10-. The number of amides is 1. The maximum atomic E-state index is 12.4. The van der Waals surface area contributed by atoms with Gasteiger partial charge in [-0.05, 0) is 11.6 Å². The fraction of sp³-hybridized carbons (Fsp3) is 0.100. The molecular weight excluding hydrogens is 346 g/mol. The minimum absolute atomic E-state index is 0.0408. The van der Waals surface area contributed by atoms with Gasteiger partial charge in [-0.15, -0.1) is 0 Å². The lowest BCUT2D eigenvalue weighted by Crippen LogP contribution is -2.39. The number of rotatable bonds is 6. The van der Waals surface area contributed by atoms with Crippen molar-refractivity contribution in [3.05, 3.63) is 77.0 Å². The summed E-state index contributed by atoms with van der Waals surface area (Å²) in [5.74, 6) is -1.54. The first-order valence-corrected chi connectivity index (χ1v) is 8.22. The minimum Gasteiger partial charge on any atom is -0.480 e. The maximum Gasteiger partial charge on any atom is 0.323 e. The Labute approximate surface area is 155 Å². The molecule has 7 heteroatoms. The van der Waals surface area contributed by atoms with Crippen LogP contribution >= 0.6 is 0 Å². The number of hydrogen-bond donors (Lipinski definition) is 2. The lowest BCUT2D eigenvalue weighted by Gasteiger charge is -2.13. The summed E-state index contributed by atoms with van der Waals surface area (Å²) in [5, 5.41) is 8.92. The van der Waals surface area contributed by atoms with Gasteiger partial charge in [0.05, 0.1) is 6.54 Å². The molecule has 1 aliphatic heterocycles. The van der Waals surface area contributed by atoms with E-state index < -0.39 is 18.4 Å². The Kier molecular flexibility index (Phi) is 5.23. The third-order valence-electron chi connectivity index (χ3n) is 4.01. The van der Waals surface area contributed by atoms with Gasteiger partial charge in [0.15, 0.2) is 5.78 Å². The van der Waals surface area contributed by atoms with Crippen molar-refractivity contribution >= 4 is 29.6 Å². The summed E-state index contributed by atoms with van der Waals surface area (Å²) in [6, 6.07) is 15.7. The van der Waals surface area contributed by atoms with Crippen LogP contribution in [0.15, 0.2) is 65.3 Å². The van der Waals surface area contributed by atoms with Crippen LogP contribution in [0.3, 0.4) is 0 Å². The number of carbonyl (C=O) groups excluding carboxylic acids is 2. The van der Waals surface area contributed by atoms with Crippen LogP contribution in [-0.4, -0.2) is 46.6 Å². The molecule has 0 aromatic heterocycles. The SMILES string of the molecule is NCC1=N/C(=C\c2ccc(C(=O)c3ccccc3)cc2)C(=O)N1CC(=O)O. The van der Waals surface area contributed by atoms with Crippen molar-refractivity contribution in [2.45, 2.75) is 0 Å². The Bertz CT molecular complexity index is 947. The van der Waals surface area contributed by atoms with Gasteiger partial charge in [0.1, 0.15) is 18.1 Å². The van der Waals surface area contributed by atoms with Gasteiger partial charge in [-0.3, -0.25) is 19.3 Å². The molecule has 0 fully saturated rings. The van der Waals surface area contributed by atoms with Gasteiger partial charge >= 0.3 is 5.97 Å². The highest BCUT2D eigenvalue weighted by Gasteiger charge is 2.30. The topological polar surface area (TPSA) is 113 Å². The van der Waals surface area contributed by atoms with Gasteiger partial charge < -0.3 is 10.8 Å². The van der Waals surface area contributed by atoms with E-state index in [2.05, 4.69) is 4.99 Å². The Balaban J connectivity index is 1.82. The number of amidine groups is 1. The molecule has 2 aromatic carbocycles. The molecule has 27 heavy (non-hydrogen) atoms. The van der Waals surface area contributed by atoms with Crippen molar-refractivity contribution in [2.24, 2.45) is 10.7 Å². The number of benzene rings is 2. The van der Waals surface area contributed by atoms with E-state index in [1.165, 1.54) is 6.08 Å². The van der Waals surface area contributed by atoms with Gasteiger partial charge in [-0.25, -0.2) is 4.99 Å². The summed E-state index contributed by atoms with van der Waals surface area (Å²) in [4.78, 5) is 40.8. The normalized spacial score (nSPS) is 15.1. The Morgan fingerprint density at radius 1 is 1.04 bits per heavy atom. The second-order valence-corrected chi connectivity index (χ2v) is 5.86. The summed E-state index contributed by atoms with van der Waals surface area (Å²) in [7, 11) is 0. The van der Waals surface area contributed by atoms with Crippen molar-refractivity contribution < 1.29 is 19.5 Å². The zero-order chi connectivity index (χ0) is 19.4. The van der Waals surface area contributed by atoms with Crippen LogP contribution in [-0.2, 0) is 9.59 Å². The second-order valence-electron chi connectivity index (χ2n) is 5.86. The molecule has 3 rings (SSSR count). The van der Waals surface area contributed by atoms with Crippen molar-refractivity contribution in [2.75, 3.05) is 13.1 Å². The molecule has 7 nitrogen and oxygen atoms in total. The van der Waals surface area contributed by atoms with Crippen LogP contribution < -0.4 is 5.73 Å². The number of hydrogen-bond acceptors (Lipinski definition) is 5. The molecule has 0 unspecified atom stereocenters. The number of ketones is 1. The first-order valence-electron chi connectivity index (χ1n) is 8.22. The van der Waals surface area contributed by atoms with Crippen LogP contribution in [0, 0.1) is 0 Å². The molecule has 0 aliphatic carbocycles. The minimum atomic E-state index is -1.14. The van der Waals surface area contributed by atoms with Crippen molar-refractivity contribution in [1.82, 2.24) is 4.90 Å². The maximum absolute atomic E-state index is 12.4. The summed E-state index contributed by atoms with van der Waals surface area (Å²) in [6.45, 7) is -0.530. The van der Waals surface area contributed by atoms with Crippen molar-refractivity contribution in [1.29, 1.82) is 0 Å². The van der Waals surface area contributed by atoms with E-state index in [-0.39, 0.29) is 23.9 Å². The molecular formula is C20H17N3O4. The average molecular weight is 363 g/mol. The van der Waals surface area contributed by atoms with Gasteiger partial charge in [0.2, 0.25) is 0 Å². The van der Waals surface area contributed by atoms with E-state index in [1.807, 2.05) is 6.07 Å². The first kappa shape index (κ1) is 18.2. The molecule has 2 aromatic rings. The lowest BCUT2D eigenvalue weighted by molar-refractivity contribution is -0.140. The third kappa shape index (κ3) is 3.99. The molecule has 1 amide bonds.